The second kappa shape index (κ2) is 9.27. The Labute approximate surface area is 168 Å². The van der Waals surface area contributed by atoms with E-state index >= 15 is 0 Å². The molecule has 0 aromatic carbocycles. The number of carbonyl (C=O) groups is 2. The van der Waals surface area contributed by atoms with Gasteiger partial charge < -0.3 is 16.0 Å². The summed E-state index contributed by atoms with van der Waals surface area (Å²) in [4.78, 5) is 37.0. The normalized spacial score (nSPS) is 10.1. The maximum Gasteiger partial charge on any atom is 0.320 e. The first-order valence-electron chi connectivity index (χ1n) is 9.01. The first-order chi connectivity index (χ1) is 14.0. The van der Waals surface area contributed by atoms with E-state index in [-0.39, 0.29) is 11.9 Å². The van der Waals surface area contributed by atoms with Crippen LogP contribution in [0, 0.1) is 6.92 Å². The standard InChI is InChI=1S/C20H21N7O2/c1-3-22-20(29)27-18-9-17(25-15-7-6-13(2)23-11-15)16(12-24-18)19(28)26-14-5-4-8-21-10-14/h4-12H,3H2,1-2H3,(H,26,28)(H3,22,24,25,27,29). The van der Waals surface area contributed by atoms with Crippen LogP contribution in [0.1, 0.15) is 23.0 Å². The van der Waals surface area contributed by atoms with E-state index in [1.807, 2.05) is 26.0 Å². The van der Waals surface area contributed by atoms with E-state index in [0.717, 1.165) is 5.69 Å². The van der Waals surface area contributed by atoms with Crippen molar-refractivity contribution in [2.75, 3.05) is 22.5 Å². The minimum Gasteiger partial charge on any atom is -0.353 e. The van der Waals surface area contributed by atoms with E-state index in [9.17, 15) is 9.59 Å². The summed E-state index contributed by atoms with van der Waals surface area (Å²) in [6.45, 7) is 4.19. The van der Waals surface area contributed by atoms with E-state index in [4.69, 9.17) is 0 Å². The number of nitrogens with one attached hydrogen (secondary N) is 4. The van der Waals surface area contributed by atoms with Gasteiger partial charge in [0.25, 0.3) is 5.91 Å². The molecule has 0 saturated carbocycles. The largest absolute Gasteiger partial charge is 0.353 e. The number of hydrogen-bond donors (Lipinski definition) is 4. The lowest BCUT2D eigenvalue weighted by Gasteiger charge is -2.14. The van der Waals surface area contributed by atoms with E-state index in [0.29, 0.717) is 35.0 Å². The van der Waals surface area contributed by atoms with Gasteiger partial charge in [0, 0.05) is 30.7 Å². The maximum absolute atomic E-state index is 12.8. The molecule has 0 spiro atoms. The molecule has 0 aliphatic heterocycles. The summed E-state index contributed by atoms with van der Waals surface area (Å²) in [5.41, 5.74) is 2.90. The Balaban J connectivity index is 1.89. The average molecular weight is 391 g/mol. The summed E-state index contributed by atoms with van der Waals surface area (Å²) in [6, 6.07) is 8.38. The van der Waals surface area contributed by atoms with Gasteiger partial charge in [-0.25, -0.2) is 9.78 Å². The van der Waals surface area contributed by atoms with Crippen LogP contribution in [0.4, 0.5) is 27.7 Å². The fraction of sp³-hybridized carbons (Fsp3) is 0.150. The van der Waals surface area contributed by atoms with Crippen LogP contribution in [0.25, 0.3) is 0 Å². The summed E-state index contributed by atoms with van der Waals surface area (Å²) >= 11 is 0. The van der Waals surface area contributed by atoms with E-state index in [2.05, 4.69) is 36.2 Å². The molecule has 3 heterocycles. The zero-order chi connectivity index (χ0) is 20.6. The monoisotopic (exact) mass is 391 g/mol. The number of anilines is 4. The number of nitrogens with zero attached hydrogens (tertiary/aromatic N) is 3. The summed E-state index contributed by atoms with van der Waals surface area (Å²) < 4.78 is 0. The molecule has 3 amide bonds. The lowest BCUT2D eigenvalue weighted by atomic mass is 10.2. The first-order valence-corrected chi connectivity index (χ1v) is 9.01. The van der Waals surface area contributed by atoms with Crippen molar-refractivity contribution in [3.05, 3.63) is 66.4 Å². The average Bonchev–Trinajstić information content (AvgIpc) is 2.71. The number of aromatic nitrogens is 3. The molecule has 0 fully saturated rings. The van der Waals surface area contributed by atoms with Crippen LogP contribution in [0.3, 0.4) is 0 Å². The summed E-state index contributed by atoms with van der Waals surface area (Å²) in [5.74, 6) is -0.0610. The highest BCUT2D eigenvalue weighted by atomic mass is 16.2. The van der Waals surface area contributed by atoms with Crippen molar-refractivity contribution < 1.29 is 9.59 Å². The van der Waals surface area contributed by atoms with Crippen LogP contribution in [-0.2, 0) is 0 Å². The van der Waals surface area contributed by atoms with Gasteiger partial charge in [-0.05, 0) is 38.1 Å². The predicted octanol–water partition coefficient (Wildman–Crippen LogP) is 3.32. The van der Waals surface area contributed by atoms with Crippen molar-refractivity contribution in [1.29, 1.82) is 0 Å². The Morgan fingerprint density at radius 2 is 1.86 bits per heavy atom. The molecule has 29 heavy (non-hydrogen) atoms. The fourth-order valence-electron chi connectivity index (χ4n) is 2.46. The Morgan fingerprint density at radius 1 is 1.00 bits per heavy atom. The number of rotatable bonds is 6. The van der Waals surface area contributed by atoms with E-state index in [1.54, 1.807) is 36.8 Å². The molecule has 3 aromatic heterocycles. The van der Waals surface area contributed by atoms with Gasteiger partial charge in [-0.3, -0.25) is 20.1 Å². The number of urea groups is 1. The van der Waals surface area contributed by atoms with Crippen LogP contribution in [0.15, 0.2) is 55.1 Å². The number of amides is 3. The van der Waals surface area contributed by atoms with Gasteiger partial charge in [0.1, 0.15) is 5.82 Å². The van der Waals surface area contributed by atoms with Gasteiger partial charge >= 0.3 is 6.03 Å². The second-order valence-electron chi connectivity index (χ2n) is 6.11. The van der Waals surface area contributed by atoms with Crippen molar-refractivity contribution in [3.8, 4) is 0 Å². The van der Waals surface area contributed by atoms with Crippen molar-refractivity contribution in [2.24, 2.45) is 0 Å². The lowest BCUT2D eigenvalue weighted by molar-refractivity contribution is 0.102. The summed E-state index contributed by atoms with van der Waals surface area (Å²) in [6.07, 6.45) is 6.23. The summed E-state index contributed by atoms with van der Waals surface area (Å²) in [7, 11) is 0. The second-order valence-corrected chi connectivity index (χ2v) is 6.11. The van der Waals surface area contributed by atoms with Crippen molar-refractivity contribution in [3.63, 3.8) is 0 Å². The quantitative estimate of drug-likeness (QED) is 0.511. The molecule has 9 heteroatoms. The molecule has 0 radical (unpaired) electrons. The highest BCUT2D eigenvalue weighted by Gasteiger charge is 2.15. The van der Waals surface area contributed by atoms with Gasteiger partial charge in [-0.2, -0.15) is 0 Å². The third-order valence-corrected chi connectivity index (χ3v) is 3.84. The molecule has 9 nitrogen and oxygen atoms in total. The van der Waals surface area contributed by atoms with Crippen LogP contribution in [0.2, 0.25) is 0 Å². The smallest absolute Gasteiger partial charge is 0.320 e. The molecule has 4 N–H and O–H groups in total. The van der Waals surface area contributed by atoms with Crippen molar-refractivity contribution in [2.45, 2.75) is 13.8 Å². The Hall–Kier alpha value is -4.01. The van der Waals surface area contributed by atoms with Crippen LogP contribution < -0.4 is 21.3 Å². The lowest BCUT2D eigenvalue weighted by Crippen LogP contribution is -2.28. The van der Waals surface area contributed by atoms with Crippen LogP contribution in [-0.4, -0.2) is 33.4 Å². The molecule has 0 bridgehead atoms. The van der Waals surface area contributed by atoms with Gasteiger partial charge in [0.05, 0.1) is 35.0 Å². The number of carbonyl (C=O) groups excluding carboxylic acids is 2. The molecule has 0 unspecified atom stereocenters. The topological polar surface area (TPSA) is 121 Å². The molecule has 3 rings (SSSR count). The molecule has 0 saturated heterocycles. The molecule has 0 aliphatic carbocycles. The number of pyridine rings is 3. The number of aryl methyl sites for hydroxylation is 1. The first kappa shape index (κ1) is 19.7. The Bertz CT molecular complexity index is 991. The van der Waals surface area contributed by atoms with Gasteiger partial charge in [-0.1, -0.05) is 0 Å². The maximum atomic E-state index is 12.8. The highest BCUT2D eigenvalue weighted by molar-refractivity contribution is 6.08. The van der Waals surface area contributed by atoms with Crippen LogP contribution >= 0.6 is 0 Å². The molecule has 148 valence electrons. The van der Waals surface area contributed by atoms with Gasteiger partial charge in [-0.15, -0.1) is 0 Å². The van der Waals surface area contributed by atoms with Gasteiger partial charge in [0.2, 0.25) is 0 Å². The minimum atomic E-state index is -0.379. The fourth-order valence-corrected chi connectivity index (χ4v) is 2.46. The molecule has 0 aliphatic rings. The minimum absolute atomic E-state index is 0.302. The molecule has 0 atom stereocenters. The highest BCUT2D eigenvalue weighted by Crippen LogP contribution is 2.24. The van der Waals surface area contributed by atoms with Crippen molar-refractivity contribution >= 4 is 34.8 Å². The molecular formula is C20H21N7O2. The van der Waals surface area contributed by atoms with Gasteiger partial charge in [0.15, 0.2) is 0 Å². The van der Waals surface area contributed by atoms with Crippen molar-refractivity contribution in [1.82, 2.24) is 20.3 Å². The predicted molar refractivity (Wildman–Crippen MR) is 111 cm³/mol. The molecule has 3 aromatic rings. The summed E-state index contributed by atoms with van der Waals surface area (Å²) in [5, 5.41) is 11.2. The van der Waals surface area contributed by atoms with E-state index < -0.39 is 0 Å². The third kappa shape index (κ3) is 5.48. The zero-order valence-electron chi connectivity index (χ0n) is 16.1. The Kier molecular flexibility index (Phi) is 6.31. The van der Waals surface area contributed by atoms with Crippen LogP contribution in [0.5, 0.6) is 0 Å². The third-order valence-electron chi connectivity index (χ3n) is 3.84. The van der Waals surface area contributed by atoms with E-state index in [1.165, 1.54) is 6.20 Å². The number of hydrogen-bond acceptors (Lipinski definition) is 6. The molecular weight excluding hydrogens is 370 g/mol. The zero-order valence-corrected chi connectivity index (χ0v) is 16.1. The Morgan fingerprint density at radius 3 is 2.55 bits per heavy atom. The SMILES string of the molecule is CCNC(=O)Nc1cc(Nc2ccc(C)nc2)c(C(=O)Nc2cccnc2)cn1.